The molecule has 6 heteroatoms. The Hall–Kier alpha value is -2.31. The minimum absolute atomic E-state index is 0.198. The zero-order valence-corrected chi connectivity index (χ0v) is 13.2. The van der Waals surface area contributed by atoms with Crippen molar-refractivity contribution in [3.63, 3.8) is 0 Å². The van der Waals surface area contributed by atoms with Gasteiger partial charge in [-0.1, -0.05) is 6.07 Å². The number of carbonyl (C=O) groups is 1. The van der Waals surface area contributed by atoms with Crippen molar-refractivity contribution >= 4 is 33.3 Å². The fraction of sp³-hybridized carbons (Fsp3) is 0.188. The molecular weight excluding hydrogens is 296 g/mol. The van der Waals surface area contributed by atoms with E-state index in [1.165, 1.54) is 0 Å². The largest absolute Gasteiger partial charge is 0.307 e. The first-order valence-electron chi connectivity index (χ1n) is 6.86. The highest BCUT2D eigenvalue weighted by Gasteiger charge is 2.09. The maximum absolute atomic E-state index is 12.2. The lowest BCUT2D eigenvalue weighted by molar-refractivity contribution is 0.102. The van der Waals surface area contributed by atoms with E-state index in [0.29, 0.717) is 11.4 Å². The molecule has 0 fully saturated rings. The van der Waals surface area contributed by atoms with Crippen LogP contribution >= 0.6 is 11.3 Å². The lowest BCUT2D eigenvalue weighted by Crippen LogP contribution is -2.14. The zero-order valence-electron chi connectivity index (χ0n) is 12.4. The van der Waals surface area contributed by atoms with Gasteiger partial charge in [0.1, 0.15) is 5.82 Å². The number of fused-ring (bicyclic) bond motifs is 1. The minimum Gasteiger partial charge on any atom is -0.307 e. The number of rotatable bonds is 4. The predicted molar refractivity (Wildman–Crippen MR) is 89.2 cm³/mol. The van der Waals surface area contributed by atoms with Gasteiger partial charge in [0.15, 0.2) is 0 Å². The molecule has 1 amide bonds. The summed E-state index contributed by atoms with van der Waals surface area (Å²) in [6.07, 6.45) is 3.36. The van der Waals surface area contributed by atoms with Gasteiger partial charge in [0.05, 0.1) is 15.8 Å². The lowest BCUT2D eigenvalue weighted by atomic mass is 10.2. The van der Waals surface area contributed by atoms with E-state index in [9.17, 15) is 4.79 Å². The van der Waals surface area contributed by atoms with E-state index in [1.807, 2.05) is 43.7 Å². The van der Waals surface area contributed by atoms with Crippen molar-refractivity contribution in [1.82, 2.24) is 14.9 Å². The second-order valence-electron chi connectivity index (χ2n) is 5.27. The van der Waals surface area contributed by atoms with Crippen molar-refractivity contribution in [1.29, 1.82) is 0 Å². The van der Waals surface area contributed by atoms with Crippen LogP contribution in [0.5, 0.6) is 0 Å². The van der Waals surface area contributed by atoms with Gasteiger partial charge < -0.3 is 10.2 Å². The molecule has 0 radical (unpaired) electrons. The number of nitrogens with one attached hydrogen (secondary N) is 1. The quantitative estimate of drug-likeness (QED) is 0.804. The molecule has 0 aliphatic carbocycles. The fourth-order valence-electron chi connectivity index (χ4n) is 2.12. The number of aromatic nitrogens is 2. The van der Waals surface area contributed by atoms with Crippen molar-refractivity contribution in [2.24, 2.45) is 0 Å². The van der Waals surface area contributed by atoms with Gasteiger partial charge in [-0.3, -0.25) is 9.78 Å². The molecule has 0 aliphatic heterocycles. The Kier molecular flexibility index (Phi) is 4.13. The van der Waals surface area contributed by atoms with E-state index >= 15 is 0 Å². The Morgan fingerprint density at radius 1 is 1.23 bits per heavy atom. The number of thiophene rings is 1. The van der Waals surface area contributed by atoms with E-state index in [-0.39, 0.29) is 5.91 Å². The van der Waals surface area contributed by atoms with Crippen LogP contribution < -0.4 is 5.32 Å². The molecule has 0 unspecified atom stereocenters. The molecular formula is C16H16N4OS. The molecule has 3 heterocycles. The molecule has 3 aromatic heterocycles. The summed E-state index contributed by atoms with van der Waals surface area (Å²) in [5, 5.41) is 4.76. The van der Waals surface area contributed by atoms with Crippen LogP contribution in [-0.2, 0) is 6.54 Å². The zero-order chi connectivity index (χ0) is 15.5. The van der Waals surface area contributed by atoms with Crippen LogP contribution in [0.15, 0.2) is 42.0 Å². The van der Waals surface area contributed by atoms with Gasteiger partial charge >= 0.3 is 0 Å². The van der Waals surface area contributed by atoms with E-state index in [1.54, 1.807) is 23.7 Å². The van der Waals surface area contributed by atoms with Crippen LogP contribution in [0.4, 0.5) is 5.82 Å². The van der Waals surface area contributed by atoms with Gasteiger partial charge in [-0.25, -0.2) is 4.98 Å². The molecule has 0 atom stereocenters. The summed E-state index contributed by atoms with van der Waals surface area (Å²) in [6.45, 7) is 0.820. The Morgan fingerprint density at radius 3 is 2.82 bits per heavy atom. The molecule has 3 aromatic rings. The second-order valence-corrected chi connectivity index (χ2v) is 6.22. The Bertz CT molecular complexity index is 795. The van der Waals surface area contributed by atoms with Crippen molar-refractivity contribution in [2.75, 3.05) is 19.4 Å². The third kappa shape index (κ3) is 3.29. The van der Waals surface area contributed by atoms with Crippen molar-refractivity contribution in [3.8, 4) is 0 Å². The summed E-state index contributed by atoms with van der Waals surface area (Å²) in [4.78, 5) is 22.9. The molecule has 5 nitrogen and oxygen atoms in total. The molecule has 0 bridgehead atoms. The number of hydrogen-bond acceptors (Lipinski definition) is 5. The molecule has 1 N–H and O–H groups in total. The van der Waals surface area contributed by atoms with Gasteiger partial charge in [-0.15, -0.1) is 11.3 Å². The average molecular weight is 312 g/mol. The smallest absolute Gasteiger partial charge is 0.258 e. The number of carbonyl (C=O) groups excluding carboxylic acids is 1. The van der Waals surface area contributed by atoms with Crippen LogP contribution in [-0.4, -0.2) is 34.9 Å². The molecule has 0 aromatic carbocycles. The number of hydrogen-bond donors (Lipinski definition) is 1. The molecule has 3 rings (SSSR count). The summed E-state index contributed by atoms with van der Waals surface area (Å²) in [5.74, 6) is 0.342. The van der Waals surface area contributed by atoms with Crippen molar-refractivity contribution in [2.45, 2.75) is 6.54 Å². The summed E-state index contributed by atoms with van der Waals surface area (Å²) in [7, 11) is 4.01. The van der Waals surface area contributed by atoms with Gasteiger partial charge in [0.25, 0.3) is 5.91 Å². The average Bonchev–Trinajstić information content (AvgIpc) is 2.96. The van der Waals surface area contributed by atoms with E-state index < -0.39 is 0 Å². The number of nitrogens with zero attached hydrogens (tertiary/aromatic N) is 3. The lowest BCUT2D eigenvalue weighted by Gasteiger charge is -2.10. The third-order valence-corrected chi connectivity index (χ3v) is 3.98. The number of pyridine rings is 2. The number of anilines is 1. The van der Waals surface area contributed by atoms with Gasteiger partial charge in [0, 0.05) is 18.9 Å². The van der Waals surface area contributed by atoms with Gasteiger partial charge in [-0.2, -0.15) is 0 Å². The highest BCUT2D eigenvalue weighted by atomic mass is 32.1. The monoisotopic (exact) mass is 312 g/mol. The first-order chi connectivity index (χ1) is 10.6. The molecule has 0 aliphatic rings. The second kappa shape index (κ2) is 6.21. The maximum atomic E-state index is 12.2. The molecule has 0 saturated heterocycles. The van der Waals surface area contributed by atoms with E-state index in [0.717, 1.165) is 22.3 Å². The van der Waals surface area contributed by atoms with Crippen LogP contribution in [0, 0.1) is 0 Å². The van der Waals surface area contributed by atoms with Crippen LogP contribution in [0.3, 0.4) is 0 Å². The van der Waals surface area contributed by atoms with Crippen LogP contribution in [0.25, 0.3) is 10.2 Å². The Morgan fingerprint density at radius 2 is 2.09 bits per heavy atom. The minimum atomic E-state index is -0.198. The first-order valence-corrected chi connectivity index (χ1v) is 7.74. The Labute approximate surface area is 132 Å². The van der Waals surface area contributed by atoms with Crippen LogP contribution in [0.1, 0.15) is 15.9 Å². The number of amides is 1. The third-order valence-electron chi connectivity index (χ3n) is 3.13. The summed E-state index contributed by atoms with van der Waals surface area (Å²) in [5.41, 5.74) is 2.55. The van der Waals surface area contributed by atoms with Gasteiger partial charge in [-0.05, 0) is 43.2 Å². The fourth-order valence-corrected chi connectivity index (χ4v) is 2.90. The van der Waals surface area contributed by atoms with E-state index in [2.05, 4.69) is 20.2 Å². The topological polar surface area (TPSA) is 58.1 Å². The van der Waals surface area contributed by atoms with Gasteiger partial charge in [0.2, 0.25) is 0 Å². The molecule has 22 heavy (non-hydrogen) atoms. The highest BCUT2D eigenvalue weighted by molar-refractivity contribution is 7.17. The SMILES string of the molecule is CN(C)Cc1ccc(NC(=O)c2cnc3ccsc3c2)nc1. The van der Waals surface area contributed by atoms with E-state index in [4.69, 9.17) is 0 Å². The highest BCUT2D eigenvalue weighted by Crippen LogP contribution is 2.20. The molecule has 0 saturated carbocycles. The molecule has 0 spiro atoms. The van der Waals surface area contributed by atoms with Crippen molar-refractivity contribution < 1.29 is 4.79 Å². The summed E-state index contributed by atoms with van der Waals surface area (Å²) in [6, 6.07) is 7.56. The van der Waals surface area contributed by atoms with Crippen molar-refractivity contribution in [3.05, 3.63) is 53.2 Å². The standard InChI is InChI=1S/C16H16N4OS/c1-20(2)10-11-3-4-15(18-8-11)19-16(21)12-7-14-13(17-9-12)5-6-22-14/h3-9H,10H2,1-2H3,(H,18,19,21). The maximum Gasteiger partial charge on any atom is 0.258 e. The first kappa shape index (κ1) is 14.6. The predicted octanol–water partition coefficient (Wildman–Crippen LogP) is 3.01. The normalized spacial score (nSPS) is 11.0. The summed E-state index contributed by atoms with van der Waals surface area (Å²) < 4.78 is 1.00. The Balaban J connectivity index is 1.73. The molecule has 112 valence electrons. The van der Waals surface area contributed by atoms with Crippen LogP contribution in [0.2, 0.25) is 0 Å². The summed E-state index contributed by atoms with van der Waals surface area (Å²) >= 11 is 1.57.